The van der Waals surface area contributed by atoms with Gasteiger partial charge in [0.15, 0.2) is 0 Å². The second-order valence-electron chi connectivity index (χ2n) is 4.46. The number of aromatic nitrogens is 3. The molecule has 0 spiro atoms. The van der Waals surface area contributed by atoms with Gasteiger partial charge in [0.25, 0.3) is 0 Å². The molecular weight excluding hydrogens is 224 g/mol. The van der Waals surface area contributed by atoms with Gasteiger partial charge < -0.3 is 10.3 Å². The van der Waals surface area contributed by atoms with Gasteiger partial charge in [-0.15, -0.1) is 0 Å². The molecule has 1 atom stereocenters. The number of nitrogens with two attached hydrogens (primary N) is 1. The van der Waals surface area contributed by atoms with Crippen molar-refractivity contribution in [2.75, 3.05) is 6.54 Å². The summed E-state index contributed by atoms with van der Waals surface area (Å²) in [6.07, 6.45) is 10.9. The van der Waals surface area contributed by atoms with Crippen LogP contribution in [-0.4, -0.2) is 21.1 Å². The highest BCUT2D eigenvalue weighted by atomic mass is 15.1. The molecule has 0 aliphatic heterocycles. The van der Waals surface area contributed by atoms with E-state index in [1.165, 1.54) is 12.8 Å². The Morgan fingerprint density at radius 3 is 2.89 bits per heavy atom. The first-order chi connectivity index (χ1) is 8.86. The van der Waals surface area contributed by atoms with E-state index >= 15 is 0 Å². The van der Waals surface area contributed by atoms with Crippen molar-refractivity contribution in [3.05, 3.63) is 37.1 Å². The maximum absolute atomic E-state index is 5.89. The standard InChI is InChI=1S/C14H20N4/c1-2-3-6-13(8-15)18-11-17-10-14(18)12-5-4-7-16-9-12/h4-5,7,9-11,13H,2-3,6,8,15H2,1H3. The first-order valence-electron chi connectivity index (χ1n) is 6.49. The molecule has 0 radical (unpaired) electrons. The molecule has 2 rings (SSSR count). The van der Waals surface area contributed by atoms with Crippen LogP contribution in [0.15, 0.2) is 37.1 Å². The Kier molecular flexibility index (Phi) is 4.47. The van der Waals surface area contributed by atoms with E-state index < -0.39 is 0 Å². The third kappa shape index (κ3) is 2.76. The minimum Gasteiger partial charge on any atom is -0.328 e. The van der Waals surface area contributed by atoms with Crippen molar-refractivity contribution in [2.45, 2.75) is 32.2 Å². The predicted octanol–water partition coefficient (Wildman–Crippen LogP) is 2.64. The van der Waals surface area contributed by atoms with Crippen molar-refractivity contribution in [3.63, 3.8) is 0 Å². The molecule has 2 N–H and O–H groups in total. The van der Waals surface area contributed by atoms with E-state index in [-0.39, 0.29) is 0 Å². The van der Waals surface area contributed by atoms with E-state index in [1.54, 1.807) is 6.20 Å². The third-order valence-electron chi connectivity index (χ3n) is 3.18. The van der Waals surface area contributed by atoms with Crippen LogP contribution >= 0.6 is 0 Å². The summed E-state index contributed by atoms with van der Waals surface area (Å²) in [5.41, 5.74) is 8.07. The van der Waals surface area contributed by atoms with Crippen molar-refractivity contribution in [1.29, 1.82) is 0 Å². The predicted molar refractivity (Wildman–Crippen MR) is 73.1 cm³/mol. The van der Waals surface area contributed by atoms with E-state index in [4.69, 9.17) is 5.73 Å². The summed E-state index contributed by atoms with van der Waals surface area (Å²) >= 11 is 0. The smallest absolute Gasteiger partial charge is 0.0954 e. The lowest BCUT2D eigenvalue weighted by Gasteiger charge is -2.19. The molecule has 18 heavy (non-hydrogen) atoms. The summed E-state index contributed by atoms with van der Waals surface area (Å²) in [7, 11) is 0. The molecule has 96 valence electrons. The molecule has 0 saturated carbocycles. The lowest BCUT2D eigenvalue weighted by Crippen LogP contribution is -2.19. The molecule has 0 aromatic carbocycles. The van der Waals surface area contributed by atoms with Crippen LogP contribution in [0.5, 0.6) is 0 Å². The van der Waals surface area contributed by atoms with Gasteiger partial charge in [-0.3, -0.25) is 4.98 Å². The van der Waals surface area contributed by atoms with Crippen molar-refractivity contribution in [3.8, 4) is 11.3 Å². The lowest BCUT2D eigenvalue weighted by atomic mass is 10.1. The molecule has 2 heterocycles. The second kappa shape index (κ2) is 6.31. The highest BCUT2D eigenvalue weighted by Crippen LogP contribution is 2.23. The summed E-state index contributed by atoms with van der Waals surface area (Å²) in [6, 6.07) is 4.31. The van der Waals surface area contributed by atoms with Gasteiger partial charge in [0, 0.05) is 30.5 Å². The van der Waals surface area contributed by atoms with Gasteiger partial charge in [-0.1, -0.05) is 19.8 Å². The van der Waals surface area contributed by atoms with Crippen LogP contribution < -0.4 is 5.73 Å². The summed E-state index contributed by atoms with van der Waals surface area (Å²) < 4.78 is 2.17. The van der Waals surface area contributed by atoms with Crippen LogP contribution in [-0.2, 0) is 0 Å². The molecule has 0 saturated heterocycles. The average molecular weight is 244 g/mol. The minimum absolute atomic E-state index is 0.322. The first-order valence-corrected chi connectivity index (χ1v) is 6.49. The lowest BCUT2D eigenvalue weighted by molar-refractivity contribution is 0.461. The van der Waals surface area contributed by atoms with Gasteiger partial charge in [-0.25, -0.2) is 4.98 Å². The summed E-state index contributed by atoms with van der Waals surface area (Å²) in [5.74, 6) is 0. The number of unbranched alkanes of at least 4 members (excludes halogenated alkanes) is 1. The number of hydrogen-bond acceptors (Lipinski definition) is 3. The van der Waals surface area contributed by atoms with Crippen molar-refractivity contribution < 1.29 is 0 Å². The molecule has 4 heteroatoms. The average Bonchev–Trinajstić information content (AvgIpc) is 2.90. The fourth-order valence-corrected chi connectivity index (χ4v) is 2.14. The largest absolute Gasteiger partial charge is 0.328 e. The SMILES string of the molecule is CCCCC(CN)n1cncc1-c1cccnc1. The Hall–Kier alpha value is -1.68. The van der Waals surface area contributed by atoms with Crippen LogP contribution in [0.1, 0.15) is 32.2 Å². The molecule has 0 fully saturated rings. The highest BCUT2D eigenvalue weighted by Gasteiger charge is 2.13. The molecule has 2 aromatic heterocycles. The Morgan fingerprint density at radius 2 is 2.22 bits per heavy atom. The molecule has 4 nitrogen and oxygen atoms in total. The Balaban J connectivity index is 2.26. The van der Waals surface area contributed by atoms with Gasteiger partial charge in [0.05, 0.1) is 18.2 Å². The quantitative estimate of drug-likeness (QED) is 0.849. The van der Waals surface area contributed by atoms with Gasteiger partial charge in [0.2, 0.25) is 0 Å². The molecule has 1 unspecified atom stereocenters. The monoisotopic (exact) mass is 244 g/mol. The maximum atomic E-state index is 5.89. The van der Waals surface area contributed by atoms with Gasteiger partial charge in [-0.05, 0) is 18.6 Å². The van der Waals surface area contributed by atoms with Crippen molar-refractivity contribution in [1.82, 2.24) is 14.5 Å². The summed E-state index contributed by atoms with van der Waals surface area (Å²) in [4.78, 5) is 8.41. The second-order valence-corrected chi connectivity index (χ2v) is 4.46. The van der Waals surface area contributed by atoms with Crippen molar-refractivity contribution >= 4 is 0 Å². The Labute approximate surface area is 108 Å². The topological polar surface area (TPSA) is 56.7 Å². The number of imidazole rings is 1. The van der Waals surface area contributed by atoms with Crippen LogP contribution in [0, 0.1) is 0 Å². The number of pyridine rings is 1. The summed E-state index contributed by atoms with van der Waals surface area (Å²) in [5, 5.41) is 0. The maximum Gasteiger partial charge on any atom is 0.0954 e. The Morgan fingerprint density at radius 1 is 1.33 bits per heavy atom. The highest BCUT2D eigenvalue weighted by molar-refractivity contribution is 5.57. The number of rotatable bonds is 6. The third-order valence-corrected chi connectivity index (χ3v) is 3.18. The zero-order valence-electron chi connectivity index (χ0n) is 10.8. The van der Waals surface area contributed by atoms with Gasteiger partial charge in [0.1, 0.15) is 0 Å². The van der Waals surface area contributed by atoms with Crippen LogP contribution in [0.25, 0.3) is 11.3 Å². The fraction of sp³-hybridized carbons (Fsp3) is 0.429. The zero-order valence-corrected chi connectivity index (χ0v) is 10.8. The summed E-state index contributed by atoms with van der Waals surface area (Å²) in [6.45, 7) is 2.84. The molecule has 2 aromatic rings. The molecule has 0 amide bonds. The van der Waals surface area contributed by atoms with E-state index in [0.29, 0.717) is 12.6 Å². The minimum atomic E-state index is 0.322. The fourth-order valence-electron chi connectivity index (χ4n) is 2.14. The van der Waals surface area contributed by atoms with E-state index in [9.17, 15) is 0 Å². The van der Waals surface area contributed by atoms with Crippen LogP contribution in [0.3, 0.4) is 0 Å². The van der Waals surface area contributed by atoms with Gasteiger partial charge in [-0.2, -0.15) is 0 Å². The van der Waals surface area contributed by atoms with Crippen LogP contribution in [0.2, 0.25) is 0 Å². The molecule has 0 bridgehead atoms. The zero-order chi connectivity index (χ0) is 12.8. The normalized spacial score (nSPS) is 12.6. The van der Waals surface area contributed by atoms with Crippen LogP contribution in [0.4, 0.5) is 0 Å². The van der Waals surface area contributed by atoms with E-state index in [0.717, 1.165) is 17.7 Å². The molecule has 0 aliphatic rings. The number of hydrogen-bond donors (Lipinski definition) is 1. The molecule has 0 aliphatic carbocycles. The van der Waals surface area contributed by atoms with Crippen molar-refractivity contribution in [2.24, 2.45) is 5.73 Å². The Bertz CT molecular complexity index is 464. The van der Waals surface area contributed by atoms with Gasteiger partial charge >= 0.3 is 0 Å². The van der Waals surface area contributed by atoms with E-state index in [2.05, 4.69) is 21.5 Å². The van der Waals surface area contributed by atoms with E-state index in [1.807, 2.05) is 30.9 Å². The number of nitrogens with zero attached hydrogens (tertiary/aromatic N) is 3. The molecular formula is C14H20N4. The first kappa shape index (κ1) is 12.8.